The van der Waals surface area contributed by atoms with E-state index < -0.39 is 10.8 Å². The van der Waals surface area contributed by atoms with Gasteiger partial charge in [-0.15, -0.1) is 0 Å². The van der Waals surface area contributed by atoms with Gasteiger partial charge in [0.25, 0.3) is 5.91 Å². The summed E-state index contributed by atoms with van der Waals surface area (Å²) in [7, 11) is 3.47. The van der Waals surface area contributed by atoms with Crippen LogP contribution in [0.1, 0.15) is 71.4 Å². The zero-order chi connectivity index (χ0) is 21.7. The molecule has 4 rings (SSSR count). The van der Waals surface area contributed by atoms with Gasteiger partial charge in [-0.05, 0) is 44.9 Å². The van der Waals surface area contributed by atoms with Crippen molar-refractivity contribution in [3.05, 3.63) is 17.2 Å². The summed E-state index contributed by atoms with van der Waals surface area (Å²) >= 11 is 0. The Labute approximate surface area is 178 Å². The monoisotopic (exact) mass is 417 g/mol. The van der Waals surface area contributed by atoms with E-state index in [1.54, 1.807) is 0 Å². The van der Waals surface area contributed by atoms with Gasteiger partial charge in [0.15, 0.2) is 5.49 Å². The smallest absolute Gasteiger partial charge is 0.311 e. The normalized spacial score (nSPS) is 31.5. The standard InChI is InChI=1S/C23H35N3O4/c1-21(2,3)17-13-18(26(25(17)4)14-16-7-6-12-30-16)24-19(27)22-8-10-23(15-22,11-9-22)20(28)29-5/h13,16H,6-12,14-15H2,1-5H3/b24-18+/t16-,22?,23?/m1/s1. The predicted molar refractivity (Wildman–Crippen MR) is 112 cm³/mol. The van der Waals surface area contributed by atoms with Crippen LogP contribution in [0.15, 0.2) is 11.1 Å². The minimum Gasteiger partial charge on any atom is -0.469 e. The van der Waals surface area contributed by atoms with Crippen molar-refractivity contribution in [2.24, 2.45) is 22.9 Å². The van der Waals surface area contributed by atoms with Gasteiger partial charge in [-0.3, -0.25) is 19.0 Å². The molecule has 1 atom stereocenters. The summed E-state index contributed by atoms with van der Waals surface area (Å²) in [6.45, 7) is 7.99. The number of aromatic nitrogens is 2. The number of nitrogens with zero attached hydrogens (tertiary/aromatic N) is 3. The molecule has 2 heterocycles. The first-order chi connectivity index (χ1) is 14.1. The molecule has 1 amide bonds. The number of methoxy groups -OCH3 is 1. The fraction of sp³-hybridized carbons (Fsp3) is 0.783. The third kappa shape index (κ3) is 3.45. The van der Waals surface area contributed by atoms with E-state index in [-0.39, 0.29) is 23.4 Å². The maximum atomic E-state index is 13.4. The quantitative estimate of drug-likeness (QED) is 0.706. The lowest BCUT2D eigenvalue weighted by molar-refractivity contribution is -0.152. The largest absolute Gasteiger partial charge is 0.469 e. The Morgan fingerprint density at radius 1 is 1.23 bits per heavy atom. The highest BCUT2D eigenvalue weighted by atomic mass is 16.5. The molecule has 2 bridgehead atoms. The van der Waals surface area contributed by atoms with Gasteiger partial charge in [0, 0.05) is 30.8 Å². The highest BCUT2D eigenvalue weighted by Gasteiger charge is 2.61. The lowest BCUT2D eigenvalue weighted by atomic mass is 9.81. The van der Waals surface area contributed by atoms with Crippen LogP contribution in [-0.4, -0.2) is 41.1 Å². The van der Waals surface area contributed by atoms with Crippen LogP contribution in [0.4, 0.5) is 0 Å². The maximum absolute atomic E-state index is 13.4. The first-order valence-electron chi connectivity index (χ1n) is 11.2. The minimum absolute atomic E-state index is 0.0666. The van der Waals surface area contributed by atoms with Crippen molar-refractivity contribution in [3.63, 3.8) is 0 Å². The molecule has 166 valence electrons. The summed E-state index contributed by atoms with van der Waals surface area (Å²) in [5, 5.41) is 0. The number of rotatable bonds is 4. The van der Waals surface area contributed by atoms with Crippen molar-refractivity contribution < 1.29 is 19.1 Å². The van der Waals surface area contributed by atoms with Gasteiger partial charge in [0.2, 0.25) is 0 Å². The van der Waals surface area contributed by atoms with Gasteiger partial charge >= 0.3 is 5.97 Å². The molecule has 1 saturated heterocycles. The molecule has 7 heteroatoms. The number of hydrogen-bond acceptors (Lipinski definition) is 4. The van der Waals surface area contributed by atoms with E-state index in [1.807, 2.05) is 13.1 Å². The zero-order valence-corrected chi connectivity index (χ0v) is 19.0. The van der Waals surface area contributed by atoms with E-state index in [4.69, 9.17) is 9.47 Å². The van der Waals surface area contributed by atoms with Crippen LogP contribution < -0.4 is 5.49 Å². The molecule has 3 fully saturated rings. The molecule has 0 unspecified atom stereocenters. The molecule has 0 aromatic carbocycles. The summed E-state index contributed by atoms with van der Waals surface area (Å²) < 4.78 is 15.1. The number of esters is 1. The van der Waals surface area contributed by atoms with Crippen LogP contribution in [0.3, 0.4) is 0 Å². The molecule has 0 N–H and O–H groups in total. The number of amides is 1. The van der Waals surface area contributed by atoms with Crippen molar-refractivity contribution in [2.45, 2.75) is 83.8 Å². The Kier molecular flexibility index (Phi) is 5.24. The highest BCUT2D eigenvalue weighted by Crippen LogP contribution is 2.62. The summed E-state index contributed by atoms with van der Waals surface area (Å²) in [6.07, 6.45) is 5.71. The van der Waals surface area contributed by atoms with Crippen LogP contribution in [0.2, 0.25) is 0 Å². The van der Waals surface area contributed by atoms with Crippen LogP contribution >= 0.6 is 0 Å². The Morgan fingerprint density at radius 3 is 2.47 bits per heavy atom. The Morgan fingerprint density at radius 2 is 1.90 bits per heavy atom. The number of ether oxygens (including phenoxy) is 2. The van der Waals surface area contributed by atoms with E-state index in [0.717, 1.165) is 50.8 Å². The zero-order valence-electron chi connectivity index (χ0n) is 19.0. The molecule has 0 spiro atoms. The van der Waals surface area contributed by atoms with Crippen molar-refractivity contribution >= 4 is 11.9 Å². The molecular formula is C23H35N3O4. The molecule has 3 aliphatic rings. The van der Waals surface area contributed by atoms with E-state index in [9.17, 15) is 9.59 Å². The van der Waals surface area contributed by atoms with Gasteiger partial charge in [-0.25, -0.2) is 0 Å². The van der Waals surface area contributed by atoms with Gasteiger partial charge in [-0.1, -0.05) is 20.8 Å². The fourth-order valence-electron chi connectivity index (χ4n) is 5.78. The summed E-state index contributed by atoms with van der Waals surface area (Å²) in [6, 6.07) is 2.04. The average Bonchev–Trinajstić information content (AvgIpc) is 3.47. The van der Waals surface area contributed by atoms with Crippen LogP contribution in [0, 0.1) is 10.8 Å². The van der Waals surface area contributed by atoms with E-state index in [1.165, 1.54) is 7.11 Å². The number of carbonyl (C=O) groups is 2. The predicted octanol–water partition coefficient (Wildman–Crippen LogP) is 2.85. The summed E-state index contributed by atoms with van der Waals surface area (Å²) in [4.78, 5) is 30.4. The first-order valence-corrected chi connectivity index (χ1v) is 11.2. The number of hydrogen-bond donors (Lipinski definition) is 0. The van der Waals surface area contributed by atoms with Crippen molar-refractivity contribution in [2.75, 3.05) is 13.7 Å². The Bertz CT molecular complexity index is 904. The van der Waals surface area contributed by atoms with E-state index in [2.05, 4.69) is 35.1 Å². The number of carbonyl (C=O) groups excluding carboxylic acids is 2. The first kappa shape index (κ1) is 21.3. The fourth-order valence-corrected chi connectivity index (χ4v) is 5.78. The molecule has 0 radical (unpaired) electrons. The van der Waals surface area contributed by atoms with Crippen LogP contribution in [0.5, 0.6) is 0 Å². The van der Waals surface area contributed by atoms with Gasteiger partial charge in [0.05, 0.1) is 30.6 Å². The lowest BCUT2D eigenvalue weighted by Gasteiger charge is -2.24. The average molecular weight is 418 g/mol. The molecule has 1 aliphatic heterocycles. The van der Waals surface area contributed by atoms with Crippen LogP contribution in [0.25, 0.3) is 0 Å². The molecule has 2 aliphatic carbocycles. The Hall–Kier alpha value is -1.89. The van der Waals surface area contributed by atoms with Crippen molar-refractivity contribution in [1.82, 2.24) is 9.36 Å². The van der Waals surface area contributed by atoms with Crippen molar-refractivity contribution in [1.29, 1.82) is 0 Å². The lowest BCUT2D eigenvalue weighted by Crippen LogP contribution is -2.32. The second kappa shape index (κ2) is 7.36. The highest BCUT2D eigenvalue weighted by molar-refractivity contribution is 5.88. The van der Waals surface area contributed by atoms with Crippen molar-refractivity contribution in [3.8, 4) is 0 Å². The van der Waals surface area contributed by atoms with E-state index >= 15 is 0 Å². The van der Waals surface area contributed by atoms with Gasteiger partial charge in [0.1, 0.15) is 0 Å². The molecule has 1 aromatic heterocycles. The molecule has 2 saturated carbocycles. The van der Waals surface area contributed by atoms with Gasteiger partial charge in [-0.2, -0.15) is 4.99 Å². The molecule has 30 heavy (non-hydrogen) atoms. The second-order valence-electron chi connectivity index (χ2n) is 10.5. The maximum Gasteiger partial charge on any atom is 0.311 e. The van der Waals surface area contributed by atoms with E-state index in [0.29, 0.717) is 18.5 Å². The summed E-state index contributed by atoms with van der Waals surface area (Å²) in [5.74, 6) is -0.254. The summed E-state index contributed by atoms with van der Waals surface area (Å²) in [5.41, 5.74) is 0.753. The third-order valence-electron chi connectivity index (χ3n) is 7.54. The molecular weight excluding hydrogens is 382 g/mol. The minimum atomic E-state index is -0.520. The number of fused-ring (bicyclic) bond motifs is 2. The Balaban J connectivity index is 1.69. The molecule has 1 aromatic rings. The van der Waals surface area contributed by atoms with Gasteiger partial charge < -0.3 is 9.47 Å². The third-order valence-corrected chi connectivity index (χ3v) is 7.54. The SMILES string of the molecule is COC(=O)C12CCC(C(=O)/N=c3\cc(C(C)(C)C)n(C)n3C[C@H]3CCCO3)(CC1)C2. The van der Waals surface area contributed by atoms with Crippen LogP contribution in [-0.2, 0) is 38.1 Å². The topological polar surface area (TPSA) is 74.8 Å². The second-order valence-corrected chi connectivity index (χ2v) is 10.5. The molecule has 7 nitrogen and oxygen atoms in total.